The molecule has 1 atom stereocenters. The maximum atomic E-state index is 5.91. The van der Waals surface area contributed by atoms with Gasteiger partial charge in [0, 0.05) is 12.2 Å². The van der Waals surface area contributed by atoms with Crippen LogP contribution < -0.4 is 15.2 Å². The van der Waals surface area contributed by atoms with Crippen LogP contribution in [-0.2, 0) is 4.74 Å². The molecule has 0 saturated heterocycles. The predicted molar refractivity (Wildman–Crippen MR) is 69.3 cm³/mol. The third kappa shape index (κ3) is 2.45. The summed E-state index contributed by atoms with van der Waals surface area (Å²) in [5, 5.41) is 3.88. The summed E-state index contributed by atoms with van der Waals surface area (Å²) >= 11 is 0. The van der Waals surface area contributed by atoms with Gasteiger partial charge in [0.15, 0.2) is 17.3 Å². The third-order valence-corrected chi connectivity index (χ3v) is 2.89. The number of ether oxygens (including phenoxy) is 3. The minimum atomic E-state index is -0.401. The Morgan fingerprint density at radius 1 is 1.35 bits per heavy atom. The van der Waals surface area contributed by atoms with Gasteiger partial charge in [-0.1, -0.05) is 5.16 Å². The molecule has 0 fully saturated rings. The lowest BCUT2D eigenvalue weighted by Crippen LogP contribution is -2.18. The Bertz CT molecular complexity index is 599. The first-order chi connectivity index (χ1) is 9.78. The quantitative estimate of drug-likeness (QED) is 0.885. The second kappa shape index (κ2) is 5.48. The highest BCUT2D eigenvalue weighted by molar-refractivity contribution is 5.60. The molecule has 3 rings (SSSR count). The smallest absolute Gasteiger partial charge is 0.258 e. The average molecular weight is 277 g/mol. The first kappa shape index (κ1) is 12.9. The number of hydrogen-bond acceptors (Lipinski definition) is 7. The number of aromatic nitrogens is 2. The van der Waals surface area contributed by atoms with Crippen molar-refractivity contribution in [2.45, 2.75) is 13.0 Å². The van der Waals surface area contributed by atoms with E-state index in [0.717, 1.165) is 5.56 Å². The highest BCUT2D eigenvalue weighted by Gasteiger charge is 2.18. The minimum Gasteiger partial charge on any atom is -0.454 e. The fraction of sp³-hybridized carbons (Fsp3) is 0.385. The van der Waals surface area contributed by atoms with Gasteiger partial charge in [0.2, 0.25) is 6.79 Å². The molecular formula is C13H15N3O4. The predicted octanol–water partition coefficient (Wildman–Crippen LogP) is 1.50. The van der Waals surface area contributed by atoms with E-state index in [1.54, 1.807) is 6.07 Å². The number of nitrogens with zero attached hydrogens (tertiary/aromatic N) is 2. The first-order valence-corrected chi connectivity index (χ1v) is 6.35. The summed E-state index contributed by atoms with van der Waals surface area (Å²) in [6.45, 7) is 3.09. The SMILES string of the molecule is CCOCC(N)c1noc(-c2ccc3c(c2)OCO3)n1. The van der Waals surface area contributed by atoms with Gasteiger partial charge in [-0.15, -0.1) is 0 Å². The van der Waals surface area contributed by atoms with Gasteiger partial charge in [0.05, 0.1) is 12.6 Å². The lowest BCUT2D eigenvalue weighted by Gasteiger charge is -2.05. The van der Waals surface area contributed by atoms with Gasteiger partial charge in [-0.05, 0) is 25.1 Å². The van der Waals surface area contributed by atoms with Crippen molar-refractivity contribution in [1.29, 1.82) is 0 Å². The molecule has 0 aliphatic carbocycles. The van der Waals surface area contributed by atoms with E-state index in [1.165, 1.54) is 0 Å². The Hall–Kier alpha value is -2.12. The largest absolute Gasteiger partial charge is 0.454 e. The summed E-state index contributed by atoms with van der Waals surface area (Å²) in [5.41, 5.74) is 6.67. The third-order valence-electron chi connectivity index (χ3n) is 2.89. The zero-order valence-electron chi connectivity index (χ0n) is 11.0. The summed E-state index contributed by atoms with van der Waals surface area (Å²) in [4.78, 5) is 4.28. The normalized spacial score (nSPS) is 14.5. The van der Waals surface area contributed by atoms with E-state index >= 15 is 0 Å². The zero-order valence-corrected chi connectivity index (χ0v) is 11.0. The topological polar surface area (TPSA) is 92.6 Å². The van der Waals surface area contributed by atoms with Crippen molar-refractivity contribution in [2.24, 2.45) is 5.73 Å². The summed E-state index contributed by atoms with van der Waals surface area (Å²) in [5.74, 6) is 2.19. The van der Waals surface area contributed by atoms with Crippen molar-refractivity contribution in [3.05, 3.63) is 24.0 Å². The molecule has 7 heteroatoms. The lowest BCUT2D eigenvalue weighted by molar-refractivity contribution is 0.130. The maximum Gasteiger partial charge on any atom is 0.258 e. The summed E-state index contributed by atoms with van der Waals surface area (Å²) in [7, 11) is 0. The molecule has 1 unspecified atom stereocenters. The summed E-state index contributed by atoms with van der Waals surface area (Å²) in [6, 6.07) is 5.04. The molecule has 1 aliphatic heterocycles. The van der Waals surface area contributed by atoms with Crippen molar-refractivity contribution in [3.8, 4) is 23.0 Å². The van der Waals surface area contributed by atoms with Crippen LogP contribution in [0.3, 0.4) is 0 Å². The van der Waals surface area contributed by atoms with E-state index in [4.69, 9.17) is 24.5 Å². The Morgan fingerprint density at radius 2 is 2.20 bits per heavy atom. The molecule has 2 N–H and O–H groups in total. The van der Waals surface area contributed by atoms with Crippen LogP contribution in [0.25, 0.3) is 11.5 Å². The highest BCUT2D eigenvalue weighted by Crippen LogP contribution is 2.35. The zero-order chi connectivity index (χ0) is 13.9. The van der Waals surface area contributed by atoms with E-state index in [9.17, 15) is 0 Å². The molecule has 0 amide bonds. The van der Waals surface area contributed by atoms with Crippen molar-refractivity contribution < 1.29 is 18.7 Å². The molecule has 1 aromatic carbocycles. The number of nitrogens with two attached hydrogens (primary N) is 1. The second-order valence-electron chi connectivity index (χ2n) is 4.29. The standard InChI is InChI=1S/C13H15N3O4/c1-2-17-6-9(14)12-15-13(20-16-12)8-3-4-10-11(5-8)19-7-18-10/h3-5,9H,2,6-7,14H2,1H3. The van der Waals surface area contributed by atoms with Crippen LogP contribution in [0.5, 0.6) is 11.5 Å². The molecule has 20 heavy (non-hydrogen) atoms. The Balaban J connectivity index is 1.79. The highest BCUT2D eigenvalue weighted by atomic mass is 16.7. The molecule has 7 nitrogen and oxygen atoms in total. The fourth-order valence-corrected chi connectivity index (χ4v) is 1.85. The molecule has 1 aliphatic rings. The van der Waals surface area contributed by atoms with Crippen LogP contribution in [0.1, 0.15) is 18.8 Å². The summed E-state index contributed by atoms with van der Waals surface area (Å²) in [6.07, 6.45) is 0. The van der Waals surface area contributed by atoms with E-state index in [-0.39, 0.29) is 6.79 Å². The van der Waals surface area contributed by atoms with Crippen molar-refractivity contribution in [3.63, 3.8) is 0 Å². The molecule has 0 spiro atoms. The van der Waals surface area contributed by atoms with E-state index in [1.807, 2.05) is 19.1 Å². The van der Waals surface area contributed by atoms with Crippen LogP contribution in [0.2, 0.25) is 0 Å². The molecular weight excluding hydrogens is 262 g/mol. The molecule has 2 heterocycles. The van der Waals surface area contributed by atoms with Crippen LogP contribution in [0, 0.1) is 0 Å². The van der Waals surface area contributed by atoms with E-state index < -0.39 is 6.04 Å². The minimum absolute atomic E-state index is 0.229. The molecule has 0 bridgehead atoms. The molecule has 2 aromatic rings. The van der Waals surface area contributed by atoms with Gasteiger partial charge in [-0.25, -0.2) is 0 Å². The van der Waals surface area contributed by atoms with Crippen LogP contribution >= 0.6 is 0 Å². The van der Waals surface area contributed by atoms with Crippen molar-refractivity contribution in [1.82, 2.24) is 10.1 Å². The Morgan fingerprint density at radius 3 is 3.05 bits per heavy atom. The van der Waals surface area contributed by atoms with E-state index in [2.05, 4.69) is 10.1 Å². The van der Waals surface area contributed by atoms with Gasteiger partial charge >= 0.3 is 0 Å². The average Bonchev–Trinajstić information content (AvgIpc) is 3.12. The summed E-state index contributed by atoms with van der Waals surface area (Å²) < 4.78 is 21.0. The number of benzene rings is 1. The first-order valence-electron chi connectivity index (χ1n) is 6.35. The number of fused-ring (bicyclic) bond motifs is 1. The molecule has 106 valence electrons. The molecule has 0 radical (unpaired) electrons. The second-order valence-corrected chi connectivity index (χ2v) is 4.29. The van der Waals surface area contributed by atoms with Gasteiger partial charge < -0.3 is 24.5 Å². The Kier molecular flexibility index (Phi) is 3.53. The van der Waals surface area contributed by atoms with Crippen LogP contribution in [0.15, 0.2) is 22.7 Å². The van der Waals surface area contributed by atoms with Crippen molar-refractivity contribution in [2.75, 3.05) is 20.0 Å². The van der Waals surface area contributed by atoms with Gasteiger partial charge in [-0.2, -0.15) is 4.98 Å². The maximum absolute atomic E-state index is 5.91. The lowest BCUT2D eigenvalue weighted by atomic mass is 10.2. The monoisotopic (exact) mass is 277 g/mol. The van der Waals surface area contributed by atoms with Crippen molar-refractivity contribution >= 4 is 0 Å². The van der Waals surface area contributed by atoms with Gasteiger partial charge in [-0.3, -0.25) is 0 Å². The fourth-order valence-electron chi connectivity index (χ4n) is 1.85. The number of rotatable bonds is 5. The van der Waals surface area contributed by atoms with Crippen LogP contribution in [0.4, 0.5) is 0 Å². The van der Waals surface area contributed by atoms with E-state index in [0.29, 0.717) is 36.4 Å². The van der Waals surface area contributed by atoms with Crippen LogP contribution in [-0.4, -0.2) is 30.1 Å². The Labute approximate surface area is 115 Å². The van der Waals surface area contributed by atoms with Gasteiger partial charge in [0.1, 0.15) is 0 Å². The molecule has 0 saturated carbocycles. The van der Waals surface area contributed by atoms with Gasteiger partial charge in [0.25, 0.3) is 5.89 Å². The molecule has 1 aromatic heterocycles. The number of hydrogen-bond donors (Lipinski definition) is 1.